The molecule has 1 aromatic rings. The number of likely N-dealkylation sites (tertiary alicyclic amines) is 1. The molecule has 0 radical (unpaired) electrons. The number of ether oxygens (including phenoxy) is 1. The van der Waals surface area contributed by atoms with Gasteiger partial charge in [0.1, 0.15) is 12.4 Å². The van der Waals surface area contributed by atoms with E-state index >= 15 is 0 Å². The van der Waals surface area contributed by atoms with E-state index < -0.39 is 0 Å². The van der Waals surface area contributed by atoms with E-state index in [0.717, 1.165) is 24.5 Å². The summed E-state index contributed by atoms with van der Waals surface area (Å²) in [7, 11) is 0. The van der Waals surface area contributed by atoms with Crippen LogP contribution in [0, 0.1) is 0 Å². The van der Waals surface area contributed by atoms with Crippen LogP contribution in [0.3, 0.4) is 0 Å². The summed E-state index contributed by atoms with van der Waals surface area (Å²) in [6.07, 6.45) is 5.40. The van der Waals surface area contributed by atoms with Crippen LogP contribution in [0.4, 0.5) is 0 Å². The zero-order valence-electron chi connectivity index (χ0n) is 10.6. The average Bonchev–Trinajstić information content (AvgIpc) is 2.42. The lowest BCUT2D eigenvalue weighted by Crippen LogP contribution is -2.33. The Labute approximate surface area is 108 Å². The van der Waals surface area contributed by atoms with Crippen molar-refractivity contribution < 1.29 is 9.94 Å². The van der Waals surface area contributed by atoms with Gasteiger partial charge in [-0.2, -0.15) is 0 Å². The monoisotopic (exact) mass is 248 g/mol. The summed E-state index contributed by atoms with van der Waals surface area (Å²) in [5, 5.41) is 11.4. The predicted octanol–water partition coefficient (Wildman–Crippen LogP) is 2.36. The van der Waals surface area contributed by atoms with Gasteiger partial charge >= 0.3 is 0 Å². The van der Waals surface area contributed by atoms with Gasteiger partial charge in [-0.1, -0.05) is 11.6 Å². The molecule has 1 aliphatic heterocycles. The van der Waals surface area contributed by atoms with Crippen LogP contribution in [-0.4, -0.2) is 42.6 Å². The fraction of sp³-hybridized carbons (Fsp3) is 0.500. The molecule has 1 fully saturated rings. The van der Waals surface area contributed by atoms with Crippen LogP contribution in [0.1, 0.15) is 24.8 Å². The molecule has 0 unspecified atom stereocenters. The summed E-state index contributed by atoms with van der Waals surface area (Å²) in [5.41, 5.74) is 0.862. The van der Waals surface area contributed by atoms with Gasteiger partial charge < -0.3 is 9.94 Å². The third-order valence-electron chi connectivity index (χ3n) is 3.21. The van der Waals surface area contributed by atoms with E-state index in [4.69, 9.17) is 9.94 Å². The molecule has 0 spiro atoms. The van der Waals surface area contributed by atoms with E-state index in [1.165, 1.54) is 38.6 Å². The predicted molar refractivity (Wildman–Crippen MR) is 71.6 cm³/mol. The minimum atomic E-state index is 0.730. The standard InChI is InChI=1S/C14H20N2O2/c17-15-12-13-4-6-14(7-5-13)18-11-10-16-8-2-1-3-9-16/h4-7,12,17H,1-3,8-11H2/b15-12-. The molecule has 1 heterocycles. The first-order chi connectivity index (χ1) is 8.88. The molecule has 1 aliphatic rings. The molecule has 4 nitrogen and oxygen atoms in total. The maximum atomic E-state index is 8.41. The summed E-state index contributed by atoms with van der Waals surface area (Å²) in [4.78, 5) is 2.45. The number of benzene rings is 1. The van der Waals surface area contributed by atoms with Crippen molar-refractivity contribution >= 4 is 6.21 Å². The SMILES string of the molecule is O/N=C\c1ccc(OCCN2CCCCC2)cc1. The molecule has 1 saturated heterocycles. The van der Waals surface area contributed by atoms with Crippen molar-refractivity contribution in [1.29, 1.82) is 0 Å². The lowest BCUT2D eigenvalue weighted by atomic mass is 10.1. The second kappa shape index (κ2) is 7.01. The Morgan fingerprint density at radius 2 is 1.89 bits per heavy atom. The van der Waals surface area contributed by atoms with Crippen molar-refractivity contribution in [3.8, 4) is 5.75 Å². The van der Waals surface area contributed by atoms with Crippen LogP contribution in [0.25, 0.3) is 0 Å². The van der Waals surface area contributed by atoms with Gasteiger partial charge in [-0.05, 0) is 55.8 Å². The second-order valence-corrected chi connectivity index (χ2v) is 4.56. The molecule has 98 valence electrons. The van der Waals surface area contributed by atoms with Gasteiger partial charge in [0.15, 0.2) is 0 Å². The van der Waals surface area contributed by atoms with Crippen LogP contribution >= 0.6 is 0 Å². The maximum absolute atomic E-state index is 8.41. The number of oxime groups is 1. The zero-order chi connectivity index (χ0) is 12.6. The smallest absolute Gasteiger partial charge is 0.119 e. The van der Waals surface area contributed by atoms with Crippen molar-refractivity contribution in [2.24, 2.45) is 5.16 Å². The molecule has 1 aromatic carbocycles. The molecule has 4 heteroatoms. The van der Waals surface area contributed by atoms with E-state index in [9.17, 15) is 0 Å². The Bertz CT molecular complexity index is 370. The Morgan fingerprint density at radius 1 is 1.17 bits per heavy atom. The Kier molecular flexibility index (Phi) is 5.02. The topological polar surface area (TPSA) is 45.1 Å². The summed E-state index contributed by atoms with van der Waals surface area (Å²) < 4.78 is 5.69. The fourth-order valence-electron chi connectivity index (χ4n) is 2.19. The largest absolute Gasteiger partial charge is 0.492 e. The highest BCUT2D eigenvalue weighted by Crippen LogP contribution is 2.12. The van der Waals surface area contributed by atoms with Crippen molar-refractivity contribution in [2.45, 2.75) is 19.3 Å². The van der Waals surface area contributed by atoms with Crippen molar-refractivity contribution in [3.63, 3.8) is 0 Å². The van der Waals surface area contributed by atoms with Crippen LogP contribution in [0.15, 0.2) is 29.4 Å². The van der Waals surface area contributed by atoms with E-state index in [-0.39, 0.29) is 0 Å². The summed E-state index contributed by atoms with van der Waals surface area (Å²) in [5.74, 6) is 0.863. The number of nitrogens with zero attached hydrogens (tertiary/aromatic N) is 2. The highest BCUT2D eigenvalue weighted by atomic mass is 16.5. The molecular formula is C14H20N2O2. The van der Waals surface area contributed by atoms with Gasteiger partial charge in [0, 0.05) is 6.54 Å². The Balaban J connectivity index is 1.72. The number of piperidine rings is 1. The summed E-state index contributed by atoms with van der Waals surface area (Å²) in [6.45, 7) is 4.14. The summed E-state index contributed by atoms with van der Waals surface area (Å²) >= 11 is 0. The molecule has 0 amide bonds. The molecule has 0 saturated carbocycles. The molecule has 0 aliphatic carbocycles. The normalized spacial score (nSPS) is 17.1. The van der Waals surface area contributed by atoms with E-state index in [1.807, 2.05) is 24.3 Å². The fourth-order valence-corrected chi connectivity index (χ4v) is 2.19. The molecule has 18 heavy (non-hydrogen) atoms. The van der Waals surface area contributed by atoms with Crippen molar-refractivity contribution in [1.82, 2.24) is 4.90 Å². The highest BCUT2D eigenvalue weighted by Gasteiger charge is 2.09. The van der Waals surface area contributed by atoms with Gasteiger partial charge in [0.25, 0.3) is 0 Å². The van der Waals surface area contributed by atoms with Gasteiger partial charge in [-0.15, -0.1) is 0 Å². The number of hydrogen-bond donors (Lipinski definition) is 1. The van der Waals surface area contributed by atoms with Crippen molar-refractivity contribution in [3.05, 3.63) is 29.8 Å². The van der Waals surface area contributed by atoms with Gasteiger partial charge in [0.2, 0.25) is 0 Å². The van der Waals surface area contributed by atoms with E-state index in [1.54, 1.807) is 0 Å². The molecule has 0 bridgehead atoms. The number of rotatable bonds is 5. The first kappa shape index (κ1) is 12.9. The Hall–Kier alpha value is -1.55. The first-order valence-electron chi connectivity index (χ1n) is 6.51. The van der Waals surface area contributed by atoms with E-state index in [0.29, 0.717) is 0 Å². The minimum Gasteiger partial charge on any atom is -0.492 e. The lowest BCUT2D eigenvalue weighted by Gasteiger charge is -2.26. The summed E-state index contributed by atoms with van der Waals surface area (Å²) in [6, 6.07) is 7.53. The third kappa shape index (κ3) is 4.04. The van der Waals surface area contributed by atoms with Crippen LogP contribution < -0.4 is 4.74 Å². The number of hydrogen-bond acceptors (Lipinski definition) is 4. The third-order valence-corrected chi connectivity index (χ3v) is 3.21. The molecule has 0 atom stereocenters. The molecule has 0 aromatic heterocycles. The molecule has 1 N–H and O–H groups in total. The molecular weight excluding hydrogens is 228 g/mol. The zero-order valence-corrected chi connectivity index (χ0v) is 10.6. The van der Waals surface area contributed by atoms with Crippen LogP contribution in [0.5, 0.6) is 5.75 Å². The van der Waals surface area contributed by atoms with Gasteiger partial charge in [-0.3, -0.25) is 4.90 Å². The minimum absolute atomic E-state index is 0.730. The lowest BCUT2D eigenvalue weighted by molar-refractivity contribution is 0.183. The van der Waals surface area contributed by atoms with Gasteiger partial charge in [0.05, 0.1) is 6.21 Å². The second-order valence-electron chi connectivity index (χ2n) is 4.56. The quantitative estimate of drug-likeness (QED) is 0.494. The Morgan fingerprint density at radius 3 is 2.56 bits per heavy atom. The van der Waals surface area contributed by atoms with Gasteiger partial charge in [-0.25, -0.2) is 0 Å². The van der Waals surface area contributed by atoms with Crippen LogP contribution in [-0.2, 0) is 0 Å². The average molecular weight is 248 g/mol. The first-order valence-corrected chi connectivity index (χ1v) is 6.51. The van der Waals surface area contributed by atoms with E-state index in [2.05, 4.69) is 10.1 Å². The highest BCUT2D eigenvalue weighted by molar-refractivity contribution is 5.79. The van der Waals surface area contributed by atoms with Crippen molar-refractivity contribution in [2.75, 3.05) is 26.2 Å². The van der Waals surface area contributed by atoms with Crippen LogP contribution in [0.2, 0.25) is 0 Å². The maximum Gasteiger partial charge on any atom is 0.119 e. The molecule has 2 rings (SSSR count).